The number of benzene rings is 3. The Balaban J connectivity index is 1.48. The molecule has 11 heteroatoms. The normalized spacial score (nSPS) is 14.1. The zero-order chi connectivity index (χ0) is 27.2. The summed E-state index contributed by atoms with van der Waals surface area (Å²) in [6, 6.07) is 17.6. The molecular weight excluding hydrogens is 596 g/mol. The lowest BCUT2D eigenvalue weighted by atomic mass is 10.1. The molecule has 0 spiro atoms. The van der Waals surface area contributed by atoms with Gasteiger partial charge >= 0.3 is 0 Å². The molecule has 3 aromatic carbocycles. The smallest absolute Gasteiger partial charge is 0.294 e. The largest absolute Gasteiger partial charge is 0.495 e. The molecule has 1 aliphatic rings. The van der Waals surface area contributed by atoms with Crippen LogP contribution < -0.4 is 19.5 Å². The molecule has 0 aliphatic carbocycles. The summed E-state index contributed by atoms with van der Waals surface area (Å²) in [5.41, 5.74) is 1.86. The van der Waals surface area contributed by atoms with Gasteiger partial charge in [0.2, 0.25) is 5.91 Å². The maximum absolute atomic E-state index is 13.0. The van der Waals surface area contributed by atoms with E-state index in [1.165, 1.54) is 14.2 Å². The molecule has 0 aromatic heterocycles. The number of hydrogen-bond donors (Lipinski definition) is 1. The van der Waals surface area contributed by atoms with Gasteiger partial charge < -0.3 is 19.5 Å². The van der Waals surface area contributed by atoms with E-state index >= 15 is 0 Å². The molecule has 0 bridgehead atoms. The van der Waals surface area contributed by atoms with Crippen molar-refractivity contribution in [3.63, 3.8) is 0 Å². The third-order valence-electron chi connectivity index (χ3n) is 5.44. The van der Waals surface area contributed by atoms with Gasteiger partial charge in [-0.1, -0.05) is 41.9 Å². The van der Waals surface area contributed by atoms with Gasteiger partial charge in [0.25, 0.3) is 11.1 Å². The van der Waals surface area contributed by atoms with E-state index in [2.05, 4.69) is 21.2 Å². The van der Waals surface area contributed by atoms with Crippen molar-refractivity contribution in [2.45, 2.75) is 6.61 Å². The fourth-order valence-electron chi connectivity index (χ4n) is 3.60. The SMILES string of the molecule is COc1ccccc1NC(=O)CN1C(=O)S/C(=C/c2cc(Br)c(OCc3ccccc3Cl)c(OC)c2)C1=O. The quantitative estimate of drug-likeness (QED) is 0.279. The van der Waals surface area contributed by atoms with Crippen LogP contribution in [0.3, 0.4) is 0 Å². The third-order valence-corrected chi connectivity index (χ3v) is 7.30. The first kappa shape index (κ1) is 27.6. The number of nitrogens with zero attached hydrogens (tertiary/aromatic N) is 1. The number of carbonyl (C=O) groups excluding carboxylic acids is 3. The van der Waals surface area contributed by atoms with Gasteiger partial charge in [-0.2, -0.15) is 0 Å². The molecule has 0 saturated carbocycles. The number of halogens is 2. The number of anilines is 1. The van der Waals surface area contributed by atoms with Crippen molar-refractivity contribution in [3.05, 3.63) is 86.2 Å². The number of para-hydroxylation sites is 2. The van der Waals surface area contributed by atoms with E-state index in [-0.39, 0.29) is 11.5 Å². The van der Waals surface area contributed by atoms with Crippen molar-refractivity contribution in [1.82, 2.24) is 4.90 Å². The van der Waals surface area contributed by atoms with E-state index < -0.39 is 23.6 Å². The van der Waals surface area contributed by atoms with Crippen molar-refractivity contribution in [1.29, 1.82) is 0 Å². The molecule has 0 unspecified atom stereocenters. The lowest BCUT2D eigenvalue weighted by molar-refractivity contribution is -0.127. The molecule has 1 N–H and O–H groups in total. The van der Waals surface area contributed by atoms with E-state index in [9.17, 15) is 14.4 Å². The number of rotatable bonds is 9. The minimum absolute atomic E-state index is 0.179. The van der Waals surface area contributed by atoms with Crippen molar-refractivity contribution < 1.29 is 28.6 Å². The molecule has 8 nitrogen and oxygen atoms in total. The molecule has 1 saturated heterocycles. The van der Waals surface area contributed by atoms with Crippen LogP contribution in [0.1, 0.15) is 11.1 Å². The highest BCUT2D eigenvalue weighted by molar-refractivity contribution is 9.10. The Morgan fingerprint density at radius 2 is 1.76 bits per heavy atom. The highest BCUT2D eigenvalue weighted by atomic mass is 79.9. The Kier molecular flexibility index (Phi) is 8.98. The fraction of sp³-hybridized carbons (Fsp3) is 0.148. The summed E-state index contributed by atoms with van der Waals surface area (Å²) < 4.78 is 17.3. The zero-order valence-electron chi connectivity index (χ0n) is 20.3. The second-order valence-electron chi connectivity index (χ2n) is 7.93. The first-order valence-electron chi connectivity index (χ1n) is 11.2. The molecule has 0 atom stereocenters. The topological polar surface area (TPSA) is 94.2 Å². The van der Waals surface area contributed by atoms with E-state index in [0.29, 0.717) is 38.0 Å². The van der Waals surface area contributed by atoms with Crippen LogP contribution in [-0.4, -0.2) is 42.7 Å². The number of carbonyl (C=O) groups is 3. The summed E-state index contributed by atoms with van der Waals surface area (Å²) >= 11 is 10.5. The Hall–Kier alpha value is -3.47. The monoisotopic (exact) mass is 616 g/mol. The summed E-state index contributed by atoms with van der Waals surface area (Å²) in [7, 11) is 2.99. The number of hydrogen-bond acceptors (Lipinski definition) is 7. The van der Waals surface area contributed by atoms with Gasteiger partial charge in [0.1, 0.15) is 18.9 Å². The minimum Gasteiger partial charge on any atom is -0.495 e. The summed E-state index contributed by atoms with van der Waals surface area (Å²) in [6.45, 7) is -0.203. The first-order valence-corrected chi connectivity index (χ1v) is 13.2. The highest BCUT2D eigenvalue weighted by Gasteiger charge is 2.36. The van der Waals surface area contributed by atoms with E-state index in [4.69, 9.17) is 25.8 Å². The lowest BCUT2D eigenvalue weighted by Crippen LogP contribution is -2.36. The van der Waals surface area contributed by atoms with Gasteiger partial charge in [0.05, 0.1) is 29.3 Å². The van der Waals surface area contributed by atoms with E-state index in [0.717, 1.165) is 22.2 Å². The van der Waals surface area contributed by atoms with Gasteiger partial charge in [-0.3, -0.25) is 19.3 Å². The Morgan fingerprint density at radius 1 is 1.05 bits per heavy atom. The molecule has 196 valence electrons. The molecule has 1 heterocycles. The Bertz CT molecular complexity index is 1430. The number of methoxy groups -OCH3 is 2. The Labute approximate surface area is 237 Å². The third kappa shape index (κ3) is 6.32. The van der Waals surface area contributed by atoms with Gasteiger partial charge in [0, 0.05) is 10.6 Å². The van der Waals surface area contributed by atoms with E-state index in [1.54, 1.807) is 48.5 Å². The van der Waals surface area contributed by atoms with Gasteiger partial charge in [-0.05, 0) is 69.7 Å². The summed E-state index contributed by atoms with van der Waals surface area (Å²) in [6.07, 6.45) is 1.56. The van der Waals surface area contributed by atoms with Crippen LogP contribution >= 0.6 is 39.3 Å². The van der Waals surface area contributed by atoms with Gasteiger partial charge in [0.15, 0.2) is 11.5 Å². The van der Waals surface area contributed by atoms with Crippen molar-refractivity contribution in [2.75, 3.05) is 26.1 Å². The van der Waals surface area contributed by atoms with Crippen LogP contribution in [0.25, 0.3) is 6.08 Å². The first-order chi connectivity index (χ1) is 18.3. The number of nitrogens with one attached hydrogen (secondary N) is 1. The summed E-state index contributed by atoms with van der Waals surface area (Å²) in [5.74, 6) is 0.263. The zero-order valence-corrected chi connectivity index (χ0v) is 23.5. The summed E-state index contributed by atoms with van der Waals surface area (Å²) in [4.78, 5) is 39.1. The molecule has 38 heavy (non-hydrogen) atoms. The molecule has 1 fully saturated rings. The molecular formula is C27H22BrClN2O6S. The van der Waals surface area contributed by atoms with Crippen molar-refractivity contribution >= 4 is 68.1 Å². The molecule has 0 radical (unpaired) electrons. The van der Waals surface area contributed by atoms with Gasteiger partial charge in [-0.15, -0.1) is 0 Å². The second-order valence-corrected chi connectivity index (χ2v) is 10.2. The molecule has 4 rings (SSSR count). The number of amides is 3. The predicted octanol–water partition coefficient (Wildman–Crippen LogP) is 6.37. The average molecular weight is 618 g/mol. The van der Waals surface area contributed by atoms with Crippen LogP contribution in [0, 0.1) is 0 Å². The maximum Gasteiger partial charge on any atom is 0.294 e. The summed E-state index contributed by atoms with van der Waals surface area (Å²) in [5, 5.41) is 2.72. The average Bonchev–Trinajstić information content (AvgIpc) is 3.16. The Morgan fingerprint density at radius 3 is 2.50 bits per heavy atom. The molecule has 1 aliphatic heterocycles. The van der Waals surface area contributed by atoms with Crippen LogP contribution in [0.2, 0.25) is 5.02 Å². The van der Waals surface area contributed by atoms with Crippen molar-refractivity contribution in [3.8, 4) is 17.2 Å². The van der Waals surface area contributed by atoms with E-state index in [1.807, 2.05) is 18.2 Å². The molecule has 3 aromatic rings. The lowest BCUT2D eigenvalue weighted by Gasteiger charge is -2.14. The maximum atomic E-state index is 13.0. The van der Waals surface area contributed by atoms with Crippen LogP contribution in [-0.2, 0) is 16.2 Å². The molecule has 3 amide bonds. The highest BCUT2D eigenvalue weighted by Crippen LogP contribution is 2.39. The van der Waals surface area contributed by atoms with Gasteiger partial charge in [-0.25, -0.2) is 0 Å². The van der Waals surface area contributed by atoms with Crippen molar-refractivity contribution in [2.24, 2.45) is 0 Å². The minimum atomic E-state index is -0.565. The predicted molar refractivity (Wildman–Crippen MR) is 151 cm³/mol. The number of thioether (sulfide) groups is 1. The van der Waals surface area contributed by atoms with Crippen LogP contribution in [0.5, 0.6) is 17.2 Å². The number of ether oxygens (including phenoxy) is 3. The van der Waals surface area contributed by atoms with Crippen LogP contribution in [0.4, 0.5) is 10.5 Å². The standard InChI is InChI=1S/C27H22BrClN2O6S/c1-35-21-10-6-5-9-20(21)30-24(32)14-31-26(33)23(38-27(31)34)13-16-11-18(28)25(22(12-16)36-2)37-15-17-7-3-4-8-19(17)29/h3-13H,14-15H2,1-2H3,(H,30,32)/b23-13+. The fourth-order valence-corrected chi connectivity index (χ4v) is 5.20. The number of imide groups is 1. The van der Waals surface area contributed by atoms with Crippen LogP contribution in [0.15, 0.2) is 70.0 Å². The second kappa shape index (κ2) is 12.4.